The summed E-state index contributed by atoms with van der Waals surface area (Å²) in [5.74, 6) is -2.60. The molecule has 1 atom stereocenters. The predicted octanol–water partition coefficient (Wildman–Crippen LogP) is 2.71. The Morgan fingerprint density at radius 1 is 1.21 bits per heavy atom. The normalized spacial score (nSPS) is 21.2. The molecule has 5 nitrogen and oxygen atoms in total. The highest BCUT2D eigenvalue weighted by atomic mass is 19.4. The number of amides is 1. The Morgan fingerprint density at radius 2 is 1.92 bits per heavy atom. The van der Waals surface area contributed by atoms with Crippen molar-refractivity contribution in [1.82, 2.24) is 9.88 Å². The summed E-state index contributed by atoms with van der Waals surface area (Å²) in [7, 11) is 0. The van der Waals surface area contributed by atoms with Crippen LogP contribution in [0.1, 0.15) is 16.8 Å². The molecule has 1 aromatic heterocycles. The maximum Gasteiger partial charge on any atom is 0.406 e. The molecule has 1 N–H and O–H groups in total. The molecule has 1 saturated heterocycles. The van der Waals surface area contributed by atoms with Crippen LogP contribution in [0.4, 0.5) is 13.2 Å². The zero-order valence-electron chi connectivity index (χ0n) is 12.4. The topological polar surface area (TPSA) is 70.5 Å². The highest BCUT2D eigenvalue weighted by Crippen LogP contribution is 2.46. The number of hydrogen-bond acceptors (Lipinski definition) is 3. The Labute approximate surface area is 134 Å². The molecular weight excluding hydrogens is 325 g/mol. The fourth-order valence-electron chi connectivity index (χ4n) is 2.97. The third kappa shape index (κ3) is 2.38. The minimum Gasteiger partial charge on any atom is -0.481 e. The molecule has 0 spiro atoms. The van der Waals surface area contributed by atoms with Crippen molar-refractivity contribution in [1.29, 1.82) is 0 Å². The second-order valence-corrected chi connectivity index (χ2v) is 5.77. The van der Waals surface area contributed by atoms with E-state index in [-0.39, 0.29) is 12.1 Å². The summed E-state index contributed by atoms with van der Waals surface area (Å²) in [5.41, 5.74) is -2.75. The molecule has 2 heterocycles. The summed E-state index contributed by atoms with van der Waals surface area (Å²) in [6.45, 7) is -1.16. The Kier molecular flexibility index (Phi) is 3.70. The first-order valence-electron chi connectivity index (χ1n) is 7.18. The number of carboxylic acids is 1. The Bertz CT molecular complexity index is 816. The molecule has 24 heavy (non-hydrogen) atoms. The van der Waals surface area contributed by atoms with E-state index in [1.165, 1.54) is 6.20 Å². The molecule has 1 aliphatic heterocycles. The van der Waals surface area contributed by atoms with E-state index in [0.717, 1.165) is 4.90 Å². The lowest BCUT2D eigenvalue weighted by Crippen LogP contribution is -2.47. The van der Waals surface area contributed by atoms with Gasteiger partial charge in [-0.25, -0.2) is 0 Å². The number of carbonyl (C=O) groups is 2. The number of likely N-dealkylation sites (tertiary alicyclic amines) is 1. The number of carbonyl (C=O) groups excluding carboxylic acids is 1. The van der Waals surface area contributed by atoms with Crippen LogP contribution in [0.3, 0.4) is 0 Å². The molecule has 2 aromatic rings. The lowest BCUT2D eigenvalue weighted by atomic mass is 9.86. The second-order valence-electron chi connectivity index (χ2n) is 5.77. The van der Waals surface area contributed by atoms with E-state index in [1.54, 1.807) is 30.5 Å². The molecule has 1 unspecified atom stereocenters. The number of fused-ring (bicyclic) bond motifs is 1. The number of benzene rings is 1. The van der Waals surface area contributed by atoms with Gasteiger partial charge in [0, 0.05) is 30.9 Å². The number of alkyl halides is 3. The first-order chi connectivity index (χ1) is 11.3. The van der Waals surface area contributed by atoms with Crippen LogP contribution in [0.5, 0.6) is 0 Å². The highest BCUT2D eigenvalue weighted by molar-refractivity contribution is 6.06. The molecule has 8 heteroatoms. The third-order valence-corrected chi connectivity index (χ3v) is 4.41. The van der Waals surface area contributed by atoms with E-state index in [4.69, 9.17) is 5.11 Å². The van der Waals surface area contributed by atoms with Gasteiger partial charge in [-0.1, -0.05) is 24.3 Å². The molecule has 0 radical (unpaired) electrons. The van der Waals surface area contributed by atoms with Crippen molar-refractivity contribution >= 4 is 22.6 Å². The fourth-order valence-corrected chi connectivity index (χ4v) is 2.97. The second kappa shape index (κ2) is 5.47. The third-order valence-electron chi connectivity index (χ3n) is 4.41. The lowest BCUT2D eigenvalue weighted by molar-refractivity contribution is -0.227. The number of aromatic nitrogens is 1. The summed E-state index contributed by atoms with van der Waals surface area (Å²) < 4.78 is 39.7. The van der Waals surface area contributed by atoms with Crippen LogP contribution in [0.25, 0.3) is 10.8 Å². The molecule has 0 bridgehead atoms. The Hall–Kier alpha value is -2.64. The summed E-state index contributed by atoms with van der Waals surface area (Å²) in [6.07, 6.45) is -2.74. The van der Waals surface area contributed by atoms with E-state index >= 15 is 0 Å². The average Bonchev–Trinajstić information content (AvgIpc) is 3.00. The van der Waals surface area contributed by atoms with Gasteiger partial charge in [0.05, 0.1) is 5.56 Å². The van der Waals surface area contributed by atoms with Crippen LogP contribution >= 0.6 is 0 Å². The van der Waals surface area contributed by atoms with Gasteiger partial charge < -0.3 is 10.0 Å². The van der Waals surface area contributed by atoms with E-state index in [1.807, 2.05) is 0 Å². The largest absolute Gasteiger partial charge is 0.481 e. The Balaban J connectivity index is 1.96. The van der Waals surface area contributed by atoms with Crippen LogP contribution in [-0.2, 0) is 4.79 Å². The first kappa shape index (κ1) is 16.2. The van der Waals surface area contributed by atoms with Crippen molar-refractivity contribution in [2.75, 3.05) is 13.1 Å². The van der Waals surface area contributed by atoms with Gasteiger partial charge in [-0.05, 0) is 11.8 Å². The Morgan fingerprint density at radius 3 is 2.54 bits per heavy atom. The zero-order valence-corrected chi connectivity index (χ0v) is 12.4. The lowest BCUT2D eigenvalue weighted by Gasteiger charge is -2.27. The predicted molar refractivity (Wildman–Crippen MR) is 78.4 cm³/mol. The van der Waals surface area contributed by atoms with Crippen molar-refractivity contribution in [2.45, 2.75) is 12.6 Å². The summed E-state index contributed by atoms with van der Waals surface area (Å²) in [5, 5.41) is 10.3. The molecule has 0 aliphatic carbocycles. The van der Waals surface area contributed by atoms with Crippen LogP contribution in [0.2, 0.25) is 0 Å². The van der Waals surface area contributed by atoms with E-state index in [0.29, 0.717) is 10.8 Å². The molecule has 1 aromatic carbocycles. The smallest absolute Gasteiger partial charge is 0.406 e. The number of nitrogens with zero attached hydrogens (tertiary/aromatic N) is 2. The van der Waals surface area contributed by atoms with Gasteiger partial charge >= 0.3 is 12.1 Å². The highest BCUT2D eigenvalue weighted by Gasteiger charge is 2.64. The van der Waals surface area contributed by atoms with Crippen molar-refractivity contribution in [2.24, 2.45) is 5.41 Å². The molecule has 1 amide bonds. The maximum atomic E-state index is 13.2. The van der Waals surface area contributed by atoms with Gasteiger partial charge in [0.1, 0.15) is 0 Å². The number of pyridine rings is 1. The van der Waals surface area contributed by atoms with Gasteiger partial charge in [0.15, 0.2) is 5.41 Å². The molecule has 1 aliphatic rings. The van der Waals surface area contributed by atoms with Gasteiger partial charge in [0.25, 0.3) is 5.91 Å². The molecule has 0 saturated carbocycles. The standard InChI is InChI=1S/C16H13F3N2O3/c17-16(18,19)15(14(23)24)5-6-21(9-15)13(22)12-8-20-7-10-3-1-2-4-11(10)12/h1-4,7-8H,5-6,9H2,(H,23,24). The first-order valence-corrected chi connectivity index (χ1v) is 7.18. The summed E-state index contributed by atoms with van der Waals surface area (Å²) in [4.78, 5) is 28.7. The van der Waals surface area contributed by atoms with Gasteiger partial charge in [-0.15, -0.1) is 0 Å². The van der Waals surface area contributed by atoms with Gasteiger partial charge in [0.2, 0.25) is 0 Å². The van der Waals surface area contributed by atoms with E-state index < -0.39 is 36.4 Å². The van der Waals surface area contributed by atoms with Gasteiger partial charge in [-0.3, -0.25) is 14.6 Å². The molecule has 1 fully saturated rings. The summed E-state index contributed by atoms with van der Waals surface area (Å²) >= 11 is 0. The molecule has 3 rings (SSSR count). The molecular formula is C16H13F3N2O3. The SMILES string of the molecule is O=C(c1cncc2ccccc12)N1CCC(C(=O)O)(C(F)(F)F)C1. The maximum absolute atomic E-state index is 13.2. The van der Waals surface area contributed by atoms with Crippen LogP contribution in [0.15, 0.2) is 36.7 Å². The zero-order chi connectivity index (χ0) is 17.5. The summed E-state index contributed by atoms with van der Waals surface area (Å²) in [6, 6.07) is 6.88. The van der Waals surface area contributed by atoms with Crippen molar-refractivity contribution in [3.05, 3.63) is 42.2 Å². The van der Waals surface area contributed by atoms with Crippen molar-refractivity contribution < 1.29 is 27.9 Å². The van der Waals surface area contributed by atoms with Gasteiger partial charge in [-0.2, -0.15) is 13.2 Å². The van der Waals surface area contributed by atoms with Crippen LogP contribution in [-0.4, -0.2) is 46.1 Å². The monoisotopic (exact) mass is 338 g/mol. The molecule has 126 valence electrons. The number of halogens is 3. The minimum absolute atomic E-state index is 0.163. The number of hydrogen-bond donors (Lipinski definition) is 1. The quantitative estimate of drug-likeness (QED) is 0.914. The van der Waals surface area contributed by atoms with Crippen LogP contribution < -0.4 is 0 Å². The fraction of sp³-hybridized carbons (Fsp3) is 0.312. The average molecular weight is 338 g/mol. The van der Waals surface area contributed by atoms with Crippen molar-refractivity contribution in [3.63, 3.8) is 0 Å². The minimum atomic E-state index is -4.93. The number of aliphatic carboxylic acids is 1. The number of rotatable bonds is 2. The van der Waals surface area contributed by atoms with Crippen LogP contribution in [0, 0.1) is 5.41 Å². The van der Waals surface area contributed by atoms with E-state index in [2.05, 4.69) is 4.98 Å². The van der Waals surface area contributed by atoms with Crippen molar-refractivity contribution in [3.8, 4) is 0 Å². The number of carboxylic acid groups (broad SMARTS) is 1. The van der Waals surface area contributed by atoms with E-state index in [9.17, 15) is 22.8 Å².